The maximum Gasteiger partial charge on any atom is 0.0332 e. The van der Waals surface area contributed by atoms with E-state index in [9.17, 15) is 0 Å². The van der Waals surface area contributed by atoms with Crippen LogP contribution in [-0.2, 0) is 6.54 Å². The summed E-state index contributed by atoms with van der Waals surface area (Å²) in [5, 5.41) is 2.19. The van der Waals surface area contributed by atoms with Crippen molar-refractivity contribution < 1.29 is 0 Å². The molecule has 0 aliphatic carbocycles. The highest BCUT2D eigenvalue weighted by atomic mass is 79.9. The topological polar surface area (TPSA) is 6.48 Å². The largest absolute Gasteiger partial charge is 0.298 e. The van der Waals surface area contributed by atoms with Gasteiger partial charge in [0.05, 0.1) is 0 Å². The minimum Gasteiger partial charge on any atom is -0.298 e. The summed E-state index contributed by atoms with van der Waals surface area (Å²) in [7, 11) is 0. The monoisotopic (exact) mass is 314 g/mol. The van der Waals surface area contributed by atoms with E-state index in [1.807, 2.05) is 11.3 Å². The Hall–Kier alpha value is 0.1000. The molecule has 2 aliphatic rings. The highest BCUT2D eigenvalue weighted by molar-refractivity contribution is 9.10. The molecule has 0 radical (unpaired) electrons. The van der Waals surface area contributed by atoms with Gasteiger partial charge in [-0.15, -0.1) is 11.3 Å². The second kappa shape index (κ2) is 5.00. The molecule has 2 fully saturated rings. The predicted octanol–water partition coefficient (Wildman–Crippen LogP) is 3.18. The molecule has 2 saturated heterocycles. The van der Waals surface area contributed by atoms with Gasteiger partial charge in [-0.1, -0.05) is 0 Å². The van der Waals surface area contributed by atoms with Gasteiger partial charge in [-0.25, -0.2) is 0 Å². The molecule has 0 N–H and O–H groups in total. The number of hydrogen-bond donors (Lipinski definition) is 0. The van der Waals surface area contributed by atoms with E-state index < -0.39 is 0 Å². The molecule has 0 saturated carbocycles. The predicted molar refractivity (Wildman–Crippen MR) is 76.5 cm³/mol. The Morgan fingerprint density at radius 1 is 1.47 bits per heavy atom. The van der Waals surface area contributed by atoms with Crippen LogP contribution in [0.5, 0.6) is 0 Å². The first kappa shape index (κ1) is 12.2. The van der Waals surface area contributed by atoms with Crippen LogP contribution in [-0.4, -0.2) is 41.5 Å². The van der Waals surface area contributed by atoms with E-state index >= 15 is 0 Å². The number of piperazine rings is 1. The molecule has 0 unspecified atom stereocenters. The summed E-state index contributed by atoms with van der Waals surface area (Å²) in [5.41, 5.74) is 0. The Morgan fingerprint density at radius 3 is 3.12 bits per heavy atom. The van der Waals surface area contributed by atoms with Gasteiger partial charge in [-0.3, -0.25) is 9.80 Å². The standard InChI is InChI=1S/C13H19BrN2S/c1-10-6-15-4-2-3-12(15)7-16(10)8-13-5-11(14)9-17-13/h5,9-10,12H,2-4,6-8H2,1H3/t10-,12+/m0/s1. The molecular weight excluding hydrogens is 296 g/mol. The van der Waals surface area contributed by atoms with Crippen LogP contribution in [0.4, 0.5) is 0 Å². The second-order valence-corrected chi connectivity index (χ2v) is 7.21. The van der Waals surface area contributed by atoms with Crippen LogP contribution in [0.15, 0.2) is 15.9 Å². The van der Waals surface area contributed by atoms with Crippen LogP contribution in [0.1, 0.15) is 24.6 Å². The minimum absolute atomic E-state index is 0.699. The van der Waals surface area contributed by atoms with Crippen LogP contribution >= 0.6 is 27.3 Å². The van der Waals surface area contributed by atoms with E-state index in [0.717, 1.165) is 12.6 Å². The number of thiophene rings is 1. The average molecular weight is 315 g/mol. The molecule has 2 nitrogen and oxygen atoms in total. The number of nitrogens with zero attached hydrogens (tertiary/aromatic N) is 2. The van der Waals surface area contributed by atoms with Crippen LogP contribution < -0.4 is 0 Å². The third-order valence-corrected chi connectivity index (χ3v) is 5.73. The molecule has 0 aromatic carbocycles. The molecule has 3 rings (SSSR count). The van der Waals surface area contributed by atoms with Crippen LogP contribution in [0.25, 0.3) is 0 Å². The smallest absolute Gasteiger partial charge is 0.0332 e. The first-order chi connectivity index (χ1) is 8.22. The van der Waals surface area contributed by atoms with E-state index in [0.29, 0.717) is 6.04 Å². The highest BCUT2D eigenvalue weighted by Crippen LogP contribution is 2.27. The Bertz CT molecular complexity index is 393. The van der Waals surface area contributed by atoms with Gasteiger partial charge in [0.2, 0.25) is 0 Å². The summed E-state index contributed by atoms with van der Waals surface area (Å²) in [6.07, 6.45) is 2.80. The maximum absolute atomic E-state index is 3.54. The summed E-state index contributed by atoms with van der Waals surface area (Å²) in [6.45, 7) is 7.35. The van der Waals surface area contributed by atoms with E-state index in [-0.39, 0.29) is 0 Å². The van der Waals surface area contributed by atoms with Crippen molar-refractivity contribution in [3.63, 3.8) is 0 Å². The van der Waals surface area contributed by atoms with Gasteiger partial charge in [-0.05, 0) is 48.3 Å². The molecule has 1 aromatic heterocycles. The van der Waals surface area contributed by atoms with Gasteiger partial charge in [0.1, 0.15) is 0 Å². The normalized spacial score (nSPS) is 30.7. The van der Waals surface area contributed by atoms with Gasteiger partial charge in [0, 0.05) is 46.4 Å². The lowest BCUT2D eigenvalue weighted by Gasteiger charge is -2.42. The first-order valence-corrected chi connectivity index (χ1v) is 8.10. The first-order valence-electron chi connectivity index (χ1n) is 6.43. The molecule has 4 heteroatoms. The van der Waals surface area contributed by atoms with Crippen LogP contribution in [0.2, 0.25) is 0 Å². The number of fused-ring (bicyclic) bond motifs is 1. The van der Waals surface area contributed by atoms with Crippen LogP contribution in [0.3, 0.4) is 0 Å². The van der Waals surface area contributed by atoms with Gasteiger partial charge in [0.25, 0.3) is 0 Å². The minimum atomic E-state index is 0.699. The van der Waals surface area contributed by atoms with E-state index in [1.165, 1.54) is 41.8 Å². The lowest BCUT2D eigenvalue weighted by molar-refractivity contribution is 0.0547. The van der Waals surface area contributed by atoms with E-state index in [1.54, 1.807) is 0 Å². The maximum atomic E-state index is 3.54. The Morgan fingerprint density at radius 2 is 2.35 bits per heavy atom. The lowest BCUT2D eigenvalue weighted by Crippen LogP contribution is -2.54. The van der Waals surface area contributed by atoms with Crippen LogP contribution in [0, 0.1) is 0 Å². The van der Waals surface area contributed by atoms with E-state index in [2.05, 4.69) is 44.1 Å². The summed E-state index contributed by atoms with van der Waals surface area (Å²) in [6, 6.07) is 3.79. The SMILES string of the molecule is C[C@H]1CN2CCC[C@@H]2CN1Cc1cc(Br)cs1. The van der Waals surface area contributed by atoms with Crippen molar-refractivity contribution in [3.05, 3.63) is 20.8 Å². The van der Waals surface area contributed by atoms with Gasteiger partial charge in [-0.2, -0.15) is 0 Å². The molecule has 2 atom stereocenters. The van der Waals surface area contributed by atoms with E-state index in [4.69, 9.17) is 0 Å². The lowest BCUT2D eigenvalue weighted by atomic mass is 10.1. The highest BCUT2D eigenvalue weighted by Gasteiger charge is 2.34. The number of hydrogen-bond acceptors (Lipinski definition) is 3. The zero-order valence-electron chi connectivity index (χ0n) is 10.2. The Labute approximate surface area is 116 Å². The fraction of sp³-hybridized carbons (Fsp3) is 0.692. The zero-order valence-corrected chi connectivity index (χ0v) is 12.6. The third kappa shape index (κ3) is 2.60. The zero-order chi connectivity index (χ0) is 11.8. The summed E-state index contributed by atoms with van der Waals surface area (Å²) in [5.74, 6) is 0. The van der Waals surface area contributed by atoms with Crippen molar-refractivity contribution in [2.24, 2.45) is 0 Å². The summed E-state index contributed by atoms with van der Waals surface area (Å²) in [4.78, 5) is 6.83. The fourth-order valence-corrected chi connectivity index (χ4v) is 4.58. The number of rotatable bonds is 2. The molecule has 1 aromatic rings. The Kier molecular flexibility index (Phi) is 3.57. The van der Waals surface area contributed by atoms with Crippen molar-refractivity contribution in [3.8, 4) is 0 Å². The molecule has 17 heavy (non-hydrogen) atoms. The van der Waals surface area contributed by atoms with Gasteiger partial charge in [0.15, 0.2) is 0 Å². The van der Waals surface area contributed by atoms with Gasteiger partial charge >= 0.3 is 0 Å². The van der Waals surface area contributed by atoms with Crippen molar-refractivity contribution in [2.45, 2.75) is 38.4 Å². The molecular formula is C13H19BrN2S. The fourth-order valence-electron chi connectivity index (χ4n) is 3.11. The molecule has 3 heterocycles. The van der Waals surface area contributed by atoms with Crippen molar-refractivity contribution in [1.82, 2.24) is 9.80 Å². The van der Waals surface area contributed by atoms with Gasteiger partial charge < -0.3 is 0 Å². The molecule has 0 spiro atoms. The summed E-state index contributed by atoms with van der Waals surface area (Å²) >= 11 is 5.41. The number of halogens is 1. The average Bonchev–Trinajstić information content (AvgIpc) is 2.88. The van der Waals surface area contributed by atoms with Crippen molar-refractivity contribution in [1.29, 1.82) is 0 Å². The second-order valence-electron chi connectivity index (χ2n) is 5.30. The summed E-state index contributed by atoms with van der Waals surface area (Å²) < 4.78 is 1.23. The molecule has 94 valence electrons. The molecule has 0 amide bonds. The van der Waals surface area contributed by atoms with Crippen molar-refractivity contribution >= 4 is 27.3 Å². The molecule has 0 bridgehead atoms. The third-order valence-electron chi connectivity index (χ3n) is 4.05. The van der Waals surface area contributed by atoms with Crippen molar-refractivity contribution in [2.75, 3.05) is 19.6 Å². The Balaban J connectivity index is 1.66. The quantitative estimate of drug-likeness (QED) is 0.827. The molecule has 2 aliphatic heterocycles.